The third kappa shape index (κ3) is 6.02. The third-order valence-electron chi connectivity index (χ3n) is 6.30. The average Bonchev–Trinajstić information content (AvgIpc) is 3.12. The highest BCUT2D eigenvalue weighted by Gasteiger charge is 2.25. The van der Waals surface area contributed by atoms with E-state index in [1.54, 1.807) is 28.6 Å². The van der Waals surface area contributed by atoms with E-state index in [1.165, 1.54) is 28.2 Å². The number of fused-ring (bicyclic) bond motifs is 1. The molecule has 178 valence electrons. The largest absolute Gasteiger partial charge is 0.279 e. The Labute approximate surface area is 199 Å². The van der Waals surface area contributed by atoms with Crippen LogP contribution in [0.2, 0.25) is 0 Å². The molecule has 2 heterocycles. The van der Waals surface area contributed by atoms with Crippen LogP contribution in [0.4, 0.5) is 0 Å². The molecule has 2 N–H and O–H groups in total. The minimum Gasteiger partial charge on any atom is -0.273 e. The summed E-state index contributed by atoms with van der Waals surface area (Å²) in [5, 5.41) is 0. The van der Waals surface area contributed by atoms with Gasteiger partial charge in [-0.25, -0.2) is 8.42 Å². The number of hydrazine groups is 1. The van der Waals surface area contributed by atoms with Crippen molar-refractivity contribution in [3.05, 3.63) is 51.2 Å². The fourth-order valence-corrected chi connectivity index (χ4v) is 7.04. The number of amides is 2. The van der Waals surface area contributed by atoms with E-state index in [0.29, 0.717) is 29.3 Å². The van der Waals surface area contributed by atoms with Crippen LogP contribution < -0.4 is 10.9 Å². The van der Waals surface area contributed by atoms with Crippen LogP contribution in [-0.2, 0) is 34.1 Å². The summed E-state index contributed by atoms with van der Waals surface area (Å²) in [5.74, 6) is -0.569. The van der Waals surface area contributed by atoms with Crippen molar-refractivity contribution >= 4 is 33.2 Å². The van der Waals surface area contributed by atoms with Gasteiger partial charge in [0.1, 0.15) is 0 Å². The van der Waals surface area contributed by atoms with Gasteiger partial charge in [-0.15, -0.1) is 11.3 Å². The Balaban J connectivity index is 1.24. The fraction of sp³-hybridized carbons (Fsp3) is 0.500. The maximum atomic E-state index is 12.7. The predicted octanol–water partition coefficient (Wildman–Crippen LogP) is 3.59. The zero-order chi connectivity index (χ0) is 23.3. The number of piperidine rings is 1. The van der Waals surface area contributed by atoms with Crippen LogP contribution >= 0.6 is 11.3 Å². The number of thiophene rings is 1. The highest BCUT2D eigenvalue weighted by atomic mass is 32.2. The molecule has 0 unspecified atom stereocenters. The number of carbonyl (C=O) groups is 2. The SMILES string of the molecule is O=C(CCc1ccc(S(=O)(=O)N2CCCCC2)cc1)NNC(=O)c1cc2c(s1)CCCCC2. The Kier molecular flexibility index (Phi) is 7.82. The molecule has 1 fully saturated rings. The van der Waals surface area contributed by atoms with E-state index in [1.807, 2.05) is 6.07 Å². The van der Waals surface area contributed by atoms with E-state index in [4.69, 9.17) is 0 Å². The van der Waals surface area contributed by atoms with Crippen molar-refractivity contribution in [2.75, 3.05) is 13.1 Å². The predicted molar refractivity (Wildman–Crippen MR) is 129 cm³/mol. The molecule has 2 aromatic rings. The maximum Gasteiger partial charge on any atom is 0.279 e. The number of carbonyl (C=O) groups excluding carboxylic acids is 2. The van der Waals surface area contributed by atoms with Gasteiger partial charge in [0.25, 0.3) is 5.91 Å². The van der Waals surface area contributed by atoms with Crippen LogP contribution in [-0.4, -0.2) is 37.6 Å². The van der Waals surface area contributed by atoms with Gasteiger partial charge in [-0.05, 0) is 74.3 Å². The van der Waals surface area contributed by atoms with Crippen molar-refractivity contribution in [2.45, 2.75) is 69.1 Å². The van der Waals surface area contributed by atoms with Gasteiger partial charge in [0.05, 0.1) is 9.77 Å². The molecule has 0 saturated carbocycles. The van der Waals surface area contributed by atoms with Gasteiger partial charge in [-0.1, -0.05) is 25.0 Å². The minimum atomic E-state index is -3.45. The lowest BCUT2D eigenvalue weighted by Crippen LogP contribution is -2.41. The van der Waals surface area contributed by atoms with Crippen molar-refractivity contribution < 1.29 is 18.0 Å². The topological polar surface area (TPSA) is 95.6 Å². The number of hydrogen-bond donors (Lipinski definition) is 2. The van der Waals surface area contributed by atoms with Gasteiger partial charge in [0.2, 0.25) is 15.9 Å². The molecule has 4 rings (SSSR count). The van der Waals surface area contributed by atoms with Gasteiger partial charge in [0.15, 0.2) is 0 Å². The summed E-state index contributed by atoms with van der Waals surface area (Å²) in [7, 11) is -3.45. The molecule has 33 heavy (non-hydrogen) atoms. The Morgan fingerprint density at radius 1 is 0.909 bits per heavy atom. The number of nitrogens with one attached hydrogen (secondary N) is 2. The molecule has 2 amide bonds. The molecular formula is C24H31N3O4S2. The van der Waals surface area contributed by atoms with Crippen molar-refractivity contribution in [2.24, 2.45) is 0 Å². The number of benzene rings is 1. The molecule has 2 aliphatic rings. The first kappa shape index (κ1) is 23.9. The van der Waals surface area contributed by atoms with Crippen molar-refractivity contribution in [1.82, 2.24) is 15.2 Å². The Hall–Kier alpha value is -2.23. The zero-order valence-corrected chi connectivity index (χ0v) is 20.4. The maximum absolute atomic E-state index is 12.7. The summed E-state index contributed by atoms with van der Waals surface area (Å²) < 4.78 is 27.0. The lowest BCUT2D eigenvalue weighted by atomic mass is 10.1. The first-order chi connectivity index (χ1) is 15.9. The minimum absolute atomic E-state index is 0.194. The molecule has 7 nitrogen and oxygen atoms in total. The fourth-order valence-electron chi connectivity index (χ4n) is 4.37. The van der Waals surface area contributed by atoms with Crippen LogP contribution in [0.5, 0.6) is 0 Å². The van der Waals surface area contributed by atoms with Crippen molar-refractivity contribution in [1.29, 1.82) is 0 Å². The van der Waals surface area contributed by atoms with Crippen molar-refractivity contribution in [3.63, 3.8) is 0 Å². The molecule has 0 bridgehead atoms. The number of hydrogen-bond acceptors (Lipinski definition) is 5. The second-order valence-corrected chi connectivity index (χ2v) is 11.8. The van der Waals surface area contributed by atoms with Gasteiger partial charge >= 0.3 is 0 Å². The molecule has 1 aliphatic carbocycles. The Bertz CT molecular complexity index is 1060. The Morgan fingerprint density at radius 2 is 1.61 bits per heavy atom. The highest BCUT2D eigenvalue weighted by molar-refractivity contribution is 7.89. The van der Waals surface area contributed by atoms with E-state index in [2.05, 4.69) is 10.9 Å². The van der Waals surface area contributed by atoms with Crippen LogP contribution in [0, 0.1) is 0 Å². The molecule has 0 spiro atoms. The second kappa shape index (κ2) is 10.8. The number of sulfonamides is 1. The van der Waals surface area contributed by atoms with Gasteiger partial charge in [-0.2, -0.15) is 4.31 Å². The number of nitrogens with zero attached hydrogens (tertiary/aromatic N) is 1. The van der Waals surface area contributed by atoms with Gasteiger partial charge in [0, 0.05) is 24.4 Å². The number of rotatable bonds is 6. The molecule has 1 aliphatic heterocycles. The van der Waals surface area contributed by atoms with E-state index in [0.717, 1.165) is 50.5 Å². The van der Waals surface area contributed by atoms with E-state index < -0.39 is 10.0 Å². The summed E-state index contributed by atoms with van der Waals surface area (Å²) in [6.07, 6.45) is 9.12. The van der Waals surface area contributed by atoms with Crippen LogP contribution in [0.15, 0.2) is 35.2 Å². The summed E-state index contributed by atoms with van der Waals surface area (Å²) in [4.78, 5) is 26.8. The normalized spacial score (nSPS) is 17.1. The lowest BCUT2D eigenvalue weighted by Gasteiger charge is -2.25. The third-order valence-corrected chi connectivity index (χ3v) is 9.45. The van der Waals surface area contributed by atoms with Crippen LogP contribution in [0.1, 0.15) is 70.6 Å². The molecule has 0 atom stereocenters. The molecule has 1 aromatic carbocycles. The number of aryl methyl sites for hydroxylation is 3. The monoisotopic (exact) mass is 489 g/mol. The molecule has 1 aromatic heterocycles. The van der Waals surface area contributed by atoms with Gasteiger partial charge in [-0.3, -0.25) is 20.4 Å². The zero-order valence-electron chi connectivity index (χ0n) is 18.8. The first-order valence-electron chi connectivity index (χ1n) is 11.7. The molecule has 9 heteroatoms. The van der Waals surface area contributed by atoms with E-state index in [9.17, 15) is 18.0 Å². The van der Waals surface area contributed by atoms with E-state index >= 15 is 0 Å². The first-order valence-corrected chi connectivity index (χ1v) is 14.0. The molecular weight excluding hydrogens is 458 g/mol. The second-order valence-electron chi connectivity index (χ2n) is 8.73. The molecule has 1 saturated heterocycles. The van der Waals surface area contributed by atoms with Crippen molar-refractivity contribution in [3.8, 4) is 0 Å². The Morgan fingerprint density at radius 3 is 2.36 bits per heavy atom. The summed E-state index contributed by atoms with van der Waals surface area (Å²) in [6.45, 7) is 1.15. The highest BCUT2D eigenvalue weighted by Crippen LogP contribution is 2.28. The lowest BCUT2D eigenvalue weighted by molar-refractivity contribution is -0.121. The standard InChI is InChI=1S/C24H31N3O4S2/c28-23(25-26-24(29)22-17-19-7-3-1-4-8-21(19)32-22)14-11-18-9-12-20(13-10-18)33(30,31)27-15-5-2-6-16-27/h9-10,12-13,17H,1-8,11,14-16H2,(H,25,28)(H,26,29). The smallest absolute Gasteiger partial charge is 0.273 e. The average molecular weight is 490 g/mol. The summed E-state index contributed by atoms with van der Waals surface area (Å²) in [6, 6.07) is 8.68. The van der Waals surface area contributed by atoms with E-state index in [-0.39, 0.29) is 18.2 Å². The van der Waals surface area contributed by atoms with Crippen LogP contribution in [0.25, 0.3) is 0 Å². The molecule has 0 radical (unpaired) electrons. The quantitative estimate of drug-likeness (QED) is 0.479. The van der Waals surface area contributed by atoms with Crippen LogP contribution in [0.3, 0.4) is 0 Å². The summed E-state index contributed by atoms with van der Waals surface area (Å²) >= 11 is 1.52. The summed E-state index contributed by atoms with van der Waals surface area (Å²) in [5.41, 5.74) is 7.14. The van der Waals surface area contributed by atoms with Gasteiger partial charge < -0.3 is 0 Å².